The molecule has 0 bridgehead atoms. The van der Waals surface area contributed by atoms with Crippen LogP contribution in [-0.2, 0) is 22.6 Å². The lowest BCUT2D eigenvalue weighted by Gasteiger charge is -2.31. The highest BCUT2D eigenvalue weighted by atomic mass is 35.5. The number of carbonyl (C=O) groups is 2. The maximum Gasteiger partial charge on any atom is 0.243 e. The van der Waals surface area contributed by atoms with Crippen molar-refractivity contribution in [2.75, 3.05) is 0 Å². The normalized spacial score (nSPS) is 12.8. The third-order valence-corrected chi connectivity index (χ3v) is 5.52. The van der Waals surface area contributed by atoms with E-state index in [1.54, 1.807) is 4.90 Å². The molecule has 2 aromatic rings. The van der Waals surface area contributed by atoms with Gasteiger partial charge in [-0.3, -0.25) is 9.59 Å². The molecule has 0 aliphatic rings. The van der Waals surface area contributed by atoms with Crippen LogP contribution in [0, 0.1) is 0 Å². The number of amides is 2. The Morgan fingerprint density at radius 1 is 1.00 bits per heavy atom. The van der Waals surface area contributed by atoms with Crippen LogP contribution in [0.3, 0.4) is 0 Å². The van der Waals surface area contributed by atoms with E-state index in [1.807, 2.05) is 75.4 Å². The summed E-state index contributed by atoms with van der Waals surface area (Å²) in [6.45, 7) is 6.36. The second kappa shape index (κ2) is 11.6. The van der Waals surface area contributed by atoms with E-state index >= 15 is 0 Å². The number of nitrogens with zero attached hydrogens (tertiary/aromatic N) is 1. The maximum absolute atomic E-state index is 13.2. The highest BCUT2D eigenvalue weighted by Gasteiger charge is 2.29. The summed E-state index contributed by atoms with van der Waals surface area (Å²) < 4.78 is 0. The molecule has 2 amide bonds. The summed E-state index contributed by atoms with van der Waals surface area (Å²) in [7, 11) is 0. The minimum absolute atomic E-state index is 0.0417. The third-order valence-electron chi connectivity index (χ3n) is 5.15. The van der Waals surface area contributed by atoms with E-state index in [2.05, 4.69) is 5.32 Å². The fourth-order valence-electron chi connectivity index (χ4n) is 3.23. The highest BCUT2D eigenvalue weighted by Crippen LogP contribution is 2.19. The van der Waals surface area contributed by atoms with Crippen molar-refractivity contribution >= 4 is 23.4 Å². The smallest absolute Gasteiger partial charge is 0.243 e. The zero-order valence-electron chi connectivity index (χ0n) is 17.5. The standard InChI is InChI=1S/C24H31ClN2O2/c1-4-18(3)26-24(29)22(5-2)27(17-19-11-7-6-8-12-19)23(28)16-15-20-13-9-10-14-21(20)25/h6-14,18,22H,4-5,15-17H2,1-3H3,(H,26,29)/t18-,22+/m1/s1. The van der Waals surface area contributed by atoms with E-state index in [9.17, 15) is 9.59 Å². The van der Waals surface area contributed by atoms with Gasteiger partial charge >= 0.3 is 0 Å². The molecule has 0 radical (unpaired) electrons. The average Bonchev–Trinajstić information content (AvgIpc) is 2.73. The molecule has 2 atom stereocenters. The van der Waals surface area contributed by atoms with Gasteiger partial charge in [0, 0.05) is 24.0 Å². The minimum Gasteiger partial charge on any atom is -0.352 e. The van der Waals surface area contributed by atoms with Gasteiger partial charge in [-0.1, -0.05) is 74.0 Å². The van der Waals surface area contributed by atoms with Gasteiger partial charge in [0.15, 0.2) is 0 Å². The van der Waals surface area contributed by atoms with Crippen LogP contribution in [0.4, 0.5) is 0 Å². The van der Waals surface area contributed by atoms with E-state index in [0.29, 0.717) is 30.8 Å². The SMILES string of the molecule is CC[C@@H](C)NC(=O)[C@H](CC)N(Cc1ccccc1)C(=O)CCc1ccccc1Cl. The van der Waals surface area contributed by atoms with Gasteiger partial charge in [-0.15, -0.1) is 0 Å². The number of rotatable bonds is 10. The Morgan fingerprint density at radius 3 is 2.28 bits per heavy atom. The molecule has 156 valence electrons. The number of nitrogens with one attached hydrogen (secondary N) is 1. The molecular formula is C24H31ClN2O2. The number of halogens is 1. The average molecular weight is 415 g/mol. The number of hydrogen-bond acceptors (Lipinski definition) is 2. The van der Waals surface area contributed by atoms with E-state index in [0.717, 1.165) is 17.5 Å². The molecule has 0 fully saturated rings. The van der Waals surface area contributed by atoms with Crippen molar-refractivity contribution in [2.45, 2.75) is 65.1 Å². The molecule has 0 unspecified atom stereocenters. The summed E-state index contributed by atoms with van der Waals surface area (Å²) in [5.41, 5.74) is 1.95. The Hall–Kier alpha value is -2.33. The fourth-order valence-corrected chi connectivity index (χ4v) is 3.46. The molecule has 0 heterocycles. The Kier molecular flexibility index (Phi) is 9.20. The van der Waals surface area contributed by atoms with Gasteiger partial charge in [0.05, 0.1) is 0 Å². The van der Waals surface area contributed by atoms with Crippen molar-refractivity contribution in [1.29, 1.82) is 0 Å². The first-order chi connectivity index (χ1) is 14.0. The van der Waals surface area contributed by atoms with E-state index in [1.165, 1.54) is 0 Å². The van der Waals surface area contributed by atoms with E-state index in [4.69, 9.17) is 11.6 Å². The van der Waals surface area contributed by atoms with Crippen LogP contribution in [0.5, 0.6) is 0 Å². The van der Waals surface area contributed by atoms with Crippen molar-refractivity contribution in [2.24, 2.45) is 0 Å². The molecule has 5 heteroatoms. The molecule has 1 N–H and O–H groups in total. The number of carbonyl (C=O) groups excluding carboxylic acids is 2. The van der Waals surface area contributed by atoms with Crippen molar-refractivity contribution < 1.29 is 9.59 Å². The summed E-state index contributed by atoms with van der Waals surface area (Å²) >= 11 is 6.24. The molecule has 0 saturated carbocycles. The van der Waals surface area contributed by atoms with Crippen LogP contribution in [0.15, 0.2) is 54.6 Å². The Morgan fingerprint density at radius 2 is 1.66 bits per heavy atom. The molecule has 0 aliphatic heterocycles. The van der Waals surface area contributed by atoms with Crippen LogP contribution in [0.1, 0.15) is 51.2 Å². The zero-order chi connectivity index (χ0) is 21.2. The molecule has 2 aromatic carbocycles. The van der Waals surface area contributed by atoms with Gasteiger partial charge in [0.25, 0.3) is 0 Å². The summed E-state index contributed by atoms with van der Waals surface area (Å²) in [6.07, 6.45) is 2.27. The maximum atomic E-state index is 13.2. The monoisotopic (exact) mass is 414 g/mol. The molecule has 4 nitrogen and oxygen atoms in total. The number of hydrogen-bond donors (Lipinski definition) is 1. The Labute approximate surface area is 179 Å². The van der Waals surface area contributed by atoms with Gasteiger partial charge in [0.2, 0.25) is 11.8 Å². The molecular weight excluding hydrogens is 384 g/mol. The van der Waals surface area contributed by atoms with Crippen molar-refractivity contribution in [1.82, 2.24) is 10.2 Å². The van der Waals surface area contributed by atoms with Crippen molar-refractivity contribution in [3.05, 3.63) is 70.7 Å². The first kappa shape index (κ1) is 23.0. The zero-order valence-corrected chi connectivity index (χ0v) is 18.3. The lowest BCUT2D eigenvalue weighted by atomic mass is 10.1. The van der Waals surface area contributed by atoms with Gasteiger partial charge in [-0.2, -0.15) is 0 Å². The predicted octanol–water partition coefficient (Wildman–Crippen LogP) is 4.99. The van der Waals surface area contributed by atoms with Crippen LogP contribution in [0.2, 0.25) is 5.02 Å². The third kappa shape index (κ3) is 6.90. The lowest BCUT2D eigenvalue weighted by molar-refractivity contribution is -0.141. The Balaban J connectivity index is 2.19. The summed E-state index contributed by atoms with van der Waals surface area (Å²) in [6, 6.07) is 16.9. The first-order valence-corrected chi connectivity index (χ1v) is 10.7. The van der Waals surface area contributed by atoms with Gasteiger partial charge < -0.3 is 10.2 Å². The first-order valence-electron chi connectivity index (χ1n) is 10.3. The van der Waals surface area contributed by atoms with E-state index in [-0.39, 0.29) is 17.9 Å². The van der Waals surface area contributed by atoms with Crippen LogP contribution in [-0.4, -0.2) is 28.8 Å². The van der Waals surface area contributed by atoms with Crippen LogP contribution in [0.25, 0.3) is 0 Å². The van der Waals surface area contributed by atoms with Gasteiger partial charge in [-0.05, 0) is 43.4 Å². The Bertz CT molecular complexity index is 794. The van der Waals surface area contributed by atoms with Crippen molar-refractivity contribution in [3.8, 4) is 0 Å². The van der Waals surface area contributed by atoms with Crippen LogP contribution >= 0.6 is 11.6 Å². The molecule has 0 aromatic heterocycles. The topological polar surface area (TPSA) is 49.4 Å². The van der Waals surface area contributed by atoms with Crippen molar-refractivity contribution in [3.63, 3.8) is 0 Å². The highest BCUT2D eigenvalue weighted by molar-refractivity contribution is 6.31. The second-order valence-electron chi connectivity index (χ2n) is 7.34. The largest absolute Gasteiger partial charge is 0.352 e. The lowest BCUT2D eigenvalue weighted by Crippen LogP contribution is -2.50. The van der Waals surface area contributed by atoms with Gasteiger partial charge in [-0.25, -0.2) is 0 Å². The molecule has 0 saturated heterocycles. The summed E-state index contributed by atoms with van der Waals surface area (Å²) in [5.74, 6) is -0.135. The quantitative estimate of drug-likeness (QED) is 0.595. The molecule has 0 aliphatic carbocycles. The fraction of sp³-hybridized carbons (Fsp3) is 0.417. The number of aryl methyl sites for hydroxylation is 1. The van der Waals surface area contributed by atoms with Crippen LogP contribution < -0.4 is 5.32 Å². The minimum atomic E-state index is -0.497. The molecule has 29 heavy (non-hydrogen) atoms. The predicted molar refractivity (Wildman–Crippen MR) is 119 cm³/mol. The molecule has 2 rings (SSSR count). The van der Waals surface area contributed by atoms with Gasteiger partial charge in [0.1, 0.15) is 6.04 Å². The summed E-state index contributed by atoms with van der Waals surface area (Å²) in [5, 5.41) is 3.69. The second-order valence-corrected chi connectivity index (χ2v) is 7.75. The molecule has 0 spiro atoms. The number of benzene rings is 2. The summed E-state index contributed by atoms with van der Waals surface area (Å²) in [4.78, 5) is 27.8. The van der Waals surface area contributed by atoms with E-state index < -0.39 is 6.04 Å².